The van der Waals surface area contributed by atoms with Crippen LogP contribution in [0.2, 0.25) is 13.1 Å². The van der Waals surface area contributed by atoms with Crippen LogP contribution in [0, 0.1) is 0 Å². The van der Waals surface area contributed by atoms with E-state index in [2.05, 4.69) is 104 Å². The molecule has 0 fully saturated rings. The minimum Gasteiger partial charge on any atom is -0.497 e. The first-order valence-electron chi connectivity index (χ1n) is 10.8. The topological polar surface area (TPSA) is 9.23 Å². The van der Waals surface area contributed by atoms with Crippen LogP contribution in [-0.4, -0.2) is 15.2 Å². The van der Waals surface area contributed by atoms with E-state index >= 15 is 0 Å². The van der Waals surface area contributed by atoms with E-state index in [9.17, 15) is 0 Å². The van der Waals surface area contributed by atoms with Crippen LogP contribution in [0.1, 0.15) is 76.3 Å². The van der Waals surface area contributed by atoms with Gasteiger partial charge in [0.2, 0.25) is 0 Å². The summed E-state index contributed by atoms with van der Waals surface area (Å²) in [6, 6.07) is 13.8. The summed E-state index contributed by atoms with van der Waals surface area (Å²) in [5.74, 6) is 1.11. The van der Waals surface area contributed by atoms with E-state index in [0.29, 0.717) is 5.54 Å². The first-order valence-corrected chi connectivity index (χ1v) is 13.9. The van der Waals surface area contributed by atoms with Crippen molar-refractivity contribution in [3.8, 4) is 5.75 Å². The van der Waals surface area contributed by atoms with Crippen molar-refractivity contribution in [3.63, 3.8) is 0 Å². The lowest BCUT2D eigenvalue weighted by Crippen LogP contribution is -2.49. The highest BCUT2D eigenvalue weighted by atomic mass is 28.3. The molecule has 156 valence electrons. The molecule has 0 aliphatic heterocycles. The van der Waals surface area contributed by atoms with Crippen molar-refractivity contribution in [1.29, 1.82) is 0 Å². The summed E-state index contributed by atoms with van der Waals surface area (Å²) in [7, 11) is -0.0920. The molecule has 2 aromatic carbocycles. The standard InChI is InChI=1S/C27H38OSi/c1-18-15-19-13-11-12-14-21(19)25(18)29(9,10)23-17-20(26(2,3)4)16-22(24(23)28-8)27(5,6)7/h11-17,25H,1-10H3. The average molecular weight is 407 g/mol. The molecule has 0 bridgehead atoms. The Morgan fingerprint density at radius 2 is 1.52 bits per heavy atom. The Morgan fingerprint density at radius 3 is 2.07 bits per heavy atom. The van der Waals surface area contributed by atoms with E-state index in [0.717, 1.165) is 5.75 Å². The fourth-order valence-corrected chi connectivity index (χ4v) is 8.83. The number of ether oxygens (including phenoxy) is 1. The van der Waals surface area contributed by atoms with E-state index in [4.69, 9.17) is 4.74 Å². The Balaban J connectivity index is 2.30. The van der Waals surface area contributed by atoms with Gasteiger partial charge in [-0.2, -0.15) is 0 Å². The maximum absolute atomic E-state index is 6.16. The van der Waals surface area contributed by atoms with Crippen LogP contribution in [0.15, 0.2) is 42.0 Å². The highest BCUT2D eigenvalue weighted by Crippen LogP contribution is 2.44. The third-order valence-electron chi connectivity index (χ3n) is 6.53. The summed E-state index contributed by atoms with van der Waals surface area (Å²) >= 11 is 0. The van der Waals surface area contributed by atoms with Crippen molar-refractivity contribution in [2.45, 2.75) is 77.9 Å². The first-order chi connectivity index (χ1) is 13.3. The van der Waals surface area contributed by atoms with Crippen LogP contribution in [0.5, 0.6) is 5.75 Å². The molecule has 0 amide bonds. The molecule has 1 aliphatic carbocycles. The molecule has 1 nitrogen and oxygen atoms in total. The predicted octanol–water partition coefficient (Wildman–Crippen LogP) is 6.95. The maximum Gasteiger partial charge on any atom is 0.121 e. The number of methoxy groups -OCH3 is 1. The normalized spacial score (nSPS) is 17.2. The van der Waals surface area contributed by atoms with Crippen molar-refractivity contribution < 1.29 is 4.74 Å². The van der Waals surface area contributed by atoms with E-state index in [1.807, 2.05) is 7.11 Å². The average Bonchev–Trinajstić information content (AvgIpc) is 2.95. The highest BCUT2D eigenvalue weighted by molar-refractivity contribution is 6.92. The summed E-state index contributed by atoms with van der Waals surface area (Å²) in [5, 5.41) is 1.45. The molecular weight excluding hydrogens is 368 g/mol. The molecule has 0 saturated carbocycles. The van der Waals surface area contributed by atoms with Gasteiger partial charge in [-0.15, -0.1) is 0 Å². The third-order valence-corrected chi connectivity index (χ3v) is 10.5. The zero-order valence-electron chi connectivity index (χ0n) is 20.0. The number of fused-ring (bicyclic) bond motifs is 1. The maximum atomic E-state index is 6.16. The van der Waals surface area contributed by atoms with E-state index < -0.39 is 8.07 Å². The summed E-state index contributed by atoms with van der Waals surface area (Å²) in [4.78, 5) is 0. The van der Waals surface area contributed by atoms with Gasteiger partial charge in [0.15, 0.2) is 0 Å². The van der Waals surface area contributed by atoms with Crippen molar-refractivity contribution in [3.05, 3.63) is 64.2 Å². The summed E-state index contributed by atoms with van der Waals surface area (Å²) < 4.78 is 6.16. The number of rotatable bonds is 3. The van der Waals surface area contributed by atoms with Crippen molar-refractivity contribution in [2.75, 3.05) is 7.11 Å². The quantitative estimate of drug-likeness (QED) is 0.501. The fraction of sp³-hybridized carbons (Fsp3) is 0.481. The Kier molecular flexibility index (Phi) is 5.41. The van der Waals surface area contributed by atoms with Crippen LogP contribution in [0.4, 0.5) is 0 Å². The van der Waals surface area contributed by atoms with Crippen LogP contribution in [0.25, 0.3) is 6.08 Å². The number of benzene rings is 2. The van der Waals surface area contributed by atoms with Crippen LogP contribution in [-0.2, 0) is 10.8 Å². The summed E-state index contributed by atoms with van der Waals surface area (Å²) in [6.45, 7) is 21.2. The Bertz CT molecular complexity index is 951. The smallest absolute Gasteiger partial charge is 0.121 e. The minimum absolute atomic E-state index is 0.0320. The van der Waals surface area contributed by atoms with Gasteiger partial charge in [0, 0.05) is 5.54 Å². The molecule has 1 atom stereocenters. The highest BCUT2D eigenvalue weighted by Gasteiger charge is 2.42. The lowest BCUT2D eigenvalue weighted by atomic mass is 9.80. The number of allylic oxidation sites excluding steroid dienone is 1. The van der Waals surface area contributed by atoms with Gasteiger partial charge in [-0.1, -0.05) is 103 Å². The van der Waals surface area contributed by atoms with Crippen molar-refractivity contribution in [2.24, 2.45) is 0 Å². The van der Waals surface area contributed by atoms with Gasteiger partial charge in [-0.25, -0.2) is 0 Å². The second-order valence-electron chi connectivity index (χ2n) is 11.3. The lowest BCUT2D eigenvalue weighted by molar-refractivity contribution is 0.399. The summed E-state index contributed by atoms with van der Waals surface area (Å²) in [5.41, 5.74) is 7.72. The van der Waals surface area contributed by atoms with Gasteiger partial charge in [0.05, 0.1) is 15.2 Å². The molecule has 0 radical (unpaired) electrons. The second-order valence-corrected chi connectivity index (χ2v) is 15.8. The van der Waals surface area contributed by atoms with Crippen molar-refractivity contribution >= 4 is 19.3 Å². The van der Waals surface area contributed by atoms with E-state index in [1.54, 1.807) is 0 Å². The molecule has 0 spiro atoms. The monoisotopic (exact) mass is 406 g/mol. The molecule has 29 heavy (non-hydrogen) atoms. The van der Waals surface area contributed by atoms with Crippen LogP contribution >= 0.6 is 0 Å². The lowest BCUT2D eigenvalue weighted by Gasteiger charge is -2.37. The van der Waals surface area contributed by atoms with Gasteiger partial charge in [-0.05, 0) is 45.2 Å². The molecular formula is C27H38OSi. The van der Waals surface area contributed by atoms with E-state index in [-0.39, 0.29) is 10.8 Å². The van der Waals surface area contributed by atoms with Gasteiger partial charge in [-0.3, -0.25) is 0 Å². The molecule has 0 aromatic heterocycles. The molecule has 0 N–H and O–H groups in total. The minimum atomic E-state index is -1.94. The first kappa shape index (κ1) is 21.9. The fourth-order valence-electron chi connectivity index (χ4n) is 4.91. The largest absolute Gasteiger partial charge is 0.497 e. The number of hydrogen-bond acceptors (Lipinski definition) is 1. The predicted molar refractivity (Wildman–Crippen MR) is 130 cm³/mol. The van der Waals surface area contributed by atoms with E-state index in [1.165, 1.54) is 33.0 Å². The molecule has 2 heteroatoms. The zero-order chi connectivity index (χ0) is 21.8. The SMILES string of the molecule is COc1c(C(C)(C)C)cc(C(C)(C)C)cc1[Si](C)(C)C1C(C)=Cc2ccccc21. The van der Waals surface area contributed by atoms with Gasteiger partial charge >= 0.3 is 0 Å². The molecule has 3 rings (SSSR count). The van der Waals surface area contributed by atoms with Crippen LogP contribution in [0.3, 0.4) is 0 Å². The van der Waals surface area contributed by atoms with Gasteiger partial charge in [0.1, 0.15) is 5.75 Å². The van der Waals surface area contributed by atoms with Crippen LogP contribution < -0.4 is 9.92 Å². The zero-order valence-corrected chi connectivity index (χ0v) is 21.0. The van der Waals surface area contributed by atoms with Crippen molar-refractivity contribution in [1.82, 2.24) is 0 Å². The molecule has 0 saturated heterocycles. The summed E-state index contributed by atoms with van der Waals surface area (Å²) in [6.07, 6.45) is 2.39. The van der Waals surface area contributed by atoms with Gasteiger partial charge in [0.25, 0.3) is 0 Å². The molecule has 1 aliphatic rings. The number of hydrogen-bond donors (Lipinski definition) is 0. The Labute approximate surface area is 179 Å². The molecule has 0 heterocycles. The second kappa shape index (κ2) is 7.16. The van der Waals surface area contributed by atoms with Gasteiger partial charge < -0.3 is 4.74 Å². The molecule has 1 unspecified atom stereocenters. The third kappa shape index (κ3) is 3.84. The Morgan fingerprint density at radius 1 is 0.897 bits per heavy atom. The Hall–Kier alpha value is -1.80. The molecule has 2 aromatic rings.